The minimum absolute atomic E-state index is 0.0441. The van der Waals surface area contributed by atoms with Gasteiger partial charge in [-0.05, 0) is 43.3 Å². The molecule has 1 heterocycles. The third kappa shape index (κ3) is 3.24. The topological polar surface area (TPSA) is 85.5 Å². The fraction of sp³-hybridized carbons (Fsp3) is 0.118. The molecule has 3 aromatic rings. The zero-order valence-corrected chi connectivity index (χ0v) is 12.6. The van der Waals surface area contributed by atoms with Gasteiger partial charge in [-0.25, -0.2) is 9.18 Å². The molecule has 7 heteroatoms. The maximum Gasteiger partial charge on any atom is 0.342 e. The summed E-state index contributed by atoms with van der Waals surface area (Å²) in [5.74, 6) is -0.966. The summed E-state index contributed by atoms with van der Waals surface area (Å²) in [5, 5.41) is 17.3. The van der Waals surface area contributed by atoms with Crippen molar-refractivity contribution in [2.45, 2.75) is 13.0 Å². The first-order valence-electron chi connectivity index (χ1n) is 7.13. The molecule has 0 amide bonds. The summed E-state index contributed by atoms with van der Waals surface area (Å²) in [5.41, 5.74) is 0.594. The third-order valence-electron chi connectivity index (χ3n) is 3.29. The summed E-state index contributed by atoms with van der Waals surface area (Å²) in [6, 6.07) is 11.6. The average molecular weight is 328 g/mol. The molecule has 0 aliphatic heterocycles. The van der Waals surface area contributed by atoms with Gasteiger partial charge in [0.1, 0.15) is 17.1 Å². The second-order valence-corrected chi connectivity index (χ2v) is 5.02. The number of aromatic nitrogens is 2. The molecule has 0 saturated heterocycles. The fourth-order valence-electron chi connectivity index (χ4n) is 2.03. The van der Waals surface area contributed by atoms with Gasteiger partial charge in [-0.2, -0.15) is 0 Å². The molecule has 0 radical (unpaired) electrons. The van der Waals surface area contributed by atoms with Crippen molar-refractivity contribution >= 4 is 5.97 Å². The van der Waals surface area contributed by atoms with Crippen LogP contribution in [-0.2, 0) is 4.74 Å². The molecule has 6 nitrogen and oxygen atoms in total. The molecule has 0 spiro atoms. The van der Waals surface area contributed by atoms with Gasteiger partial charge >= 0.3 is 5.97 Å². The number of phenolic OH excluding ortho intramolecular Hbond substituents is 1. The number of aromatic hydroxyl groups is 1. The Morgan fingerprint density at radius 2 is 1.88 bits per heavy atom. The molecule has 0 unspecified atom stereocenters. The molecule has 1 N–H and O–H groups in total. The monoisotopic (exact) mass is 328 g/mol. The van der Waals surface area contributed by atoms with Crippen molar-refractivity contribution in [3.05, 3.63) is 65.8 Å². The van der Waals surface area contributed by atoms with Crippen LogP contribution in [0.2, 0.25) is 0 Å². The highest BCUT2D eigenvalue weighted by molar-refractivity contribution is 5.92. The fourth-order valence-corrected chi connectivity index (χ4v) is 2.03. The standard InChI is InChI=1S/C17H13FN2O4/c1-10(23-17(22)13-4-2-3-5-14(13)21)15-19-20-16(24-15)11-6-8-12(18)9-7-11/h2-10,21H,1H3/t10-/m1/s1. The lowest BCUT2D eigenvalue weighted by Crippen LogP contribution is -2.09. The van der Waals surface area contributed by atoms with Crippen molar-refractivity contribution in [1.29, 1.82) is 0 Å². The van der Waals surface area contributed by atoms with E-state index >= 15 is 0 Å². The Balaban J connectivity index is 1.74. The number of esters is 1. The van der Waals surface area contributed by atoms with Crippen LogP contribution in [0.1, 0.15) is 29.3 Å². The van der Waals surface area contributed by atoms with Crippen LogP contribution in [0.5, 0.6) is 5.75 Å². The Labute approximate surface area is 136 Å². The number of carbonyl (C=O) groups excluding carboxylic acids is 1. The lowest BCUT2D eigenvalue weighted by atomic mass is 10.2. The number of para-hydroxylation sites is 1. The Morgan fingerprint density at radius 1 is 1.17 bits per heavy atom. The van der Waals surface area contributed by atoms with E-state index in [1.807, 2.05) is 0 Å². The van der Waals surface area contributed by atoms with Gasteiger partial charge in [0.05, 0.1) is 0 Å². The summed E-state index contributed by atoms with van der Waals surface area (Å²) >= 11 is 0. The van der Waals surface area contributed by atoms with Gasteiger partial charge in [0, 0.05) is 5.56 Å². The van der Waals surface area contributed by atoms with E-state index in [4.69, 9.17) is 9.15 Å². The number of ether oxygens (including phenoxy) is 1. The minimum Gasteiger partial charge on any atom is -0.507 e. The first kappa shape index (κ1) is 15.7. The molecule has 24 heavy (non-hydrogen) atoms. The molecule has 0 saturated carbocycles. The number of carbonyl (C=O) groups is 1. The Morgan fingerprint density at radius 3 is 2.58 bits per heavy atom. The van der Waals surface area contributed by atoms with Gasteiger partial charge < -0.3 is 14.3 Å². The maximum atomic E-state index is 12.9. The van der Waals surface area contributed by atoms with E-state index in [0.717, 1.165) is 0 Å². The second kappa shape index (κ2) is 6.49. The van der Waals surface area contributed by atoms with Gasteiger partial charge in [0.15, 0.2) is 6.10 Å². The van der Waals surface area contributed by atoms with Gasteiger partial charge in [0.25, 0.3) is 5.89 Å². The number of phenols is 1. The number of hydrogen-bond donors (Lipinski definition) is 1. The van der Waals surface area contributed by atoms with Crippen LogP contribution in [-0.4, -0.2) is 21.3 Å². The normalized spacial score (nSPS) is 11.9. The molecule has 2 aromatic carbocycles. The van der Waals surface area contributed by atoms with Crippen LogP contribution in [0.4, 0.5) is 4.39 Å². The van der Waals surface area contributed by atoms with E-state index in [-0.39, 0.29) is 28.9 Å². The van der Waals surface area contributed by atoms with Crippen LogP contribution in [0, 0.1) is 5.82 Å². The van der Waals surface area contributed by atoms with Gasteiger partial charge in [-0.15, -0.1) is 10.2 Å². The van der Waals surface area contributed by atoms with E-state index in [9.17, 15) is 14.3 Å². The molecular weight excluding hydrogens is 315 g/mol. The first-order valence-corrected chi connectivity index (χ1v) is 7.13. The lowest BCUT2D eigenvalue weighted by molar-refractivity contribution is 0.0277. The maximum absolute atomic E-state index is 12.9. The van der Waals surface area contributed by atoms with Crippen LogP contribution in [0.3, 0.4) is 0 Å². The highest BCUT2D eigenvalue weighted by Gasteiger charge is 2.21. The molecule has 0 bridgehead atoms. The number of benzene rings is 2. The Bertz CT molecular complexity index is 861. The molecule has 0 aliphatic carbocycles. The third-order valence-corrected chi connectivity index (χ3v) is 3.29. The summed E-state index contributed by atoms with van der Waals surface area (Å²) < 4.78 is 23.6. The SMILES string of the molecule is C[C@@H](OC(=O)c1ccccc1O)c1nnc(-c2ccc(F)cc2)o1. The molecular formula is C17H13FN2O4. The predicted molar refractivity (Wildman–Crippen MR) is 81.6 cm³/mol. The van der Waals surface area contributed by atoms with E-state index in [1.165, 1.54) is 36.4 Å². The highest BCUT2D eigenvalue weighted by atomic mass is 19.1. The summed E-state index contributed by atoms with van der Waals surface area (Å²) in [7, 11) is 0. The van der Waals surface area contributed by atoms with Crippen LogP contribution >= 0.6 is 0 Å². The van der Waals surface area contributed by atoms with Gasteiger partial charge in [-0.3, -0.25) is 0 Å². The predicted octanol–water partition coefficient (Wildman–Crippen LogP) is 3.50. The second-order valence-electron chi connectivity index (χ2n) is 5.02. The number of nitrogens with zero attached hydrogens (tertiary/aromatic N) is 2. The molecule has 1 aromatic heterocycles. The summed E-state index contributed by atoms with van der Waals surface area (Å²) in [6.07, 6.45) is -0.807. The molecule has 1 atom stereocenters. The van der Waals surface area contributed by atoms with Crippen molar-refractivity contribution in [2.75, 3.05) is 0 Å². The van der Waals surface area contributed by atoms with Crippen molar-refractivity contribution in [2.24, 2.45) is 0 Å². The number of rotatable bonds is 4. The van der Waals surface area contributed by atoms with E-state index in [2.05, 4.69) is 10.2 Å². The zero-order chi connectivity index (χ0) is 17.1. The number of hydrogen-bond acceptors (Lipinski definition) is 6. The molecule has 0 aliphatic rings. The van der Waals surface area contributed by atoms with Crippen molar-refractivity contribution in [3.63, 3.8) is 0 Å². The quantitative estimate of drug-likeness (QED) is 0.738. The molecule has 0 fully saturated rings. The van der Waals surface area contributed by atoms with Gasteiger partial charge in [0.2, 0.25) is 5.89 Å². The van der Waals surface area contributed by atoms with Crippen LogP contribution in [0.25, 0.3) is 11.5 Å². The van der Waals surface area contributed by atoms with Crippen molar-refractivity contribution in [1.82, 2.24) is 10.2 Å². The van der Waals surface area contributed by atoms with Gasteiger partial charge in [-0.1, -0.05) is 12.1 Å². The van der Waals surface area contributed by atoms with E-state index < -0.39 is 12.1 Å². The summed E-state index contributed by atoms with van der Waals surface area (Å²) in [4.78, 5) is 12.0. The first-order chi connectivity index (χ1) is 11.5. The Kier molecular flexibility index (Phi) is 4.24. The van der Waals surface area contributed by atoms with E-state index in [0.29, 0.717) is 5.56 Å². The largest absolute Gasteiger partial charge is 0.507 e. The lowest BCUT2D eigenvalue weighted by Gasteiger charge is -2.10. The molecule has 122 valence electrons. The zero-order valence-electron chi connectivity index (χ0n) is 12.6. The van der Waals surface area contributed by atoms with Crippen molar-refractivity contribution < 1.29 is 23.4 Å². The highest BCUT2D eigenvalue weighted by Crippen LogP contribution is 2.24. The number of halogens is 1. The minimum atomic E-state index is -0.807. The smallest absolute Gasteiger partial charge is 0.342 e. The summed E-state index contributed by atoms with van der Waals surface area (Å²) in [6.45, 7) is 1.57. The van der Waals surface area contributed by atoms with Crippen LogP contribution in [0.15, 0.2) is 52.9 Å². The Hall–Kier alpha value is -3.22. The van der Waals surface area contributed by atoms with Crippen molar-refractivity contribution in [3.8, 4) is 17.2 Å². The van der Waals surface area contributed by atoms with E-state index in [1.54, 1.807) is 19.1 Å². The molecule has 3 rings (SSSR count). The van der Waals surface area contributed by atoms with Crippen LogP contribution < -0.4 is 0 Å². The average Bonchev–Trinajstić information content (AvgIpc) is 3.06.